The Morgan fingerprint density at radius 2 is 1.83 bits per heavy atom. The van der Waals surface area contributed by atoms with Crippen LogP contribution in [0.15, 0.2) is 41.3 Å². The average Bonchev–Trinajstić information content (AvgIpc) is 3.02. The summed E-state index contributed by atoms with van der Waals surface area (Å²) in [7, 11) is 0. The molecule has 4 rings (SSSR count). The van der Waals surface area contributed by atoms with Crippen LogP contribution in [-0.4, -0.2) is 38.1 Å². The highest BCUT2D eigenvalue weighted by atomic mass is 35.5. The molecule has 11 heteroatoms. The molecular formula is C19H16ClN3O6S. The lowest BCUT2D eigenvalue weighted by Crippen LogP contribution is -2.29. The second-order valence-corrected chi connectivity index (χ2v) is 9.00. The Kier molecular flexibility index (Phi) is 5.29. The van der Waals surface area contributed by atoms with Crippen molar-refractivity contribution in [3.05, 3.63) is 67.8 Å². The number of fused-ring (bicyclic) bond motifs is 3. The Balaban J connectivity index is 1.73. The lowest BCUT2D eigenvalue weighted by Gasteiger charge is -2.31. The van der Waals surface area contributed by atoms with Crippen LogP contribution in [0.5, 0.6) is 0 Å². The number of thioether (sulfide) groups is 1. The van der Waals surface area contributed by atoms with Gasteiger partial charge in [-0.3, -0.25) is 20.2 Å². The zero-order chi connectivity index (χ0) is 21.6. The van der Waals surface area contributed by atoms with Gasteiger partial charge in [-0.05, 0) is 24.5 Å². The van der Waals surface area contributed by atoms with Crippen LogP contribution in [0.2, 0.25) is 0 Å². The number of carboxylic acids is 1. The number of halogens is 1. The number of rotatable bonds is 5. The van der Waals surface area contributed by atoms with E-state index in [1.54, 1.807) is 18.2 Å². The largest absolute Gasteiger partial charge is 0.478 e. The normalized spacial score (nSPS) is 24.4. The van der Waals surface area contributed by atoms with Crippen LogP contribution in [0, 0.1) is 26.1 Å². The number of anilines is 1. The molecule has 0 radical (unpaired) electrons. The standard InChI is InChI=1S/C19H16ClN3O6S/c20-17-14(30-13-4-2-1-3-11(13)22(26)27)7-9-8-21-18-10(19(24)25)5-6-12(23(28)29)16(18)15(9)17/h1-6,9,14-15,17,21H,7-8H2,(H,24,25)/t9-,14+,15-,17-/m1/s1. The minimum atomic E-state index is -1.18. The number of hydrogen-bond acceptors (Lipinski definition) is 7. The molecule has 2 aromatic carbocycles. The van der Waals surface area contributed by atoms with Gasteiger partial charge in [0.2, 0.25) is 0 Å². The fraction of sp³-hybridized carbons (Fsp3) is 0.316. The highest BCUT2D eigenvalue weighted by molar-refractivity contribution is 8.00. The van der Waals surface area contributed by atoms with Crippen molar-refractivity contribution in [2.45, 2.75) is 27.9 Å². The van der Waals surface area contributed by atoms with Gasteiger partial charge in [0.05, 0.1) is 36.9 Å². The SMILES string of the molecule is O=C(O)c1ccc([N+](=O)[O-])c2c1NC[C@H]1C[C@H](Sc3ccccc3[N+](=O)[O-])[C@@H](Cl)[C@@H]21. The van der Waals surface area contributed by atoms with Crippen molar-refractivity contribution in [1.29, 1.82) is 0 Å². The maximum atomic E-state index is 11.6. The molecule has 0 bridgehead atoms. The van der Waals surface area contributed by atoms with Crippen LogP contribution in [0.4, 0.5) is 17.1 Å². The van der Waals surface area contributed by atoms with Crippen molar-refractivity contribution in [3.8, 4) is 0 Å². The molecule has 1 aliphatic heterocycles. The van der Waals surface area contributed by atoms with E-state index in [0.717, 1.165) is 0 Å². The number of nitro groups is 2. The molecule has 1 saturated carbocycles. The summed E-state index contributed by atoms with van der Waals surface area (Å²) in [5, 5.41) is 34.8. The van der Waals surface area contributed by atoms with E-state index < -0.39 is 27.1 Å². The van der Waals surface area contributed by atoms with E-state index in [2.05, 4.69) is 5.32 Å². The van der Waals surface area contributed by atoms with Crippen molar-refractivity contribution in [2.75, 3.05) is 11.9 Å². The highest BCUT2D eigenvalue weighted by Gasteiger charge is 2.49. The summed E-state index contributed by atoms with van der Waals surface area (Å²) < 4.78 is 0. The Morgan fingerprint density at radius 3 is 2.50 bits per heavy atom. The predicted octanol–water partition coefficient (Wildman–Crippen LogP) is 4.50. The number of carboxylic acid groups (broad SMARTS) is 1. The fourth-order valence-corrected chi connectivity index (χ4v) is 6.34. The molecule has 0 aromatic heterocycles. The summed E-state index contributed by atoms with van der Waals surface area (Å²) in [5.74, 6) is -1.66. The van der Waals surface area contributed by atoms with Crippen LogP contribution in [0.25, 0.3) is 0 Å². The summed E-state index contributed by atoms with van der Waals surface area (Å²) >= 11 is 8.07. The van der Waals surface area contributed by atoms with Crippen LogP contribution >= 0.6 is 23.4 Å². The summed E-state index contributed by atoms with van der Waals surface area (Å²) in [4.78, 5) is 34.1. The number of alkyl halides is 1. The first-order valence-corrected chi connectivity index (χ1v) is 10.4. The maximum Gasteiger partial charge on any atom is 0.337 e. The first-order valence-electron chi connectivity index (χ1n) is 9.12. The van der Waals surface area contributed by atoms with Gasteiger partial charge in [0.15, 0.2) is 0 Å². The number of nitro benzene ring substituents is 2. The molecule has 2 N–H and O–H groups in total. The lowest BCUT2D eigenvalue weighted by atomic mass is 9.82. The molecule has 2 aromatic rings. The van der Waals surface area contributed by atoms with Gasteiger partial charge >= 0.3 is 5.97 Å². The number of benzene rings is 2. The van der Waals surface area contributed by atoms with Crippen LogP contribution in [0.1, 0.15) is 28.3 Å². The molecule has 9 nitrogen and oxygen atoms in total. The highest BCUT2D eigenvalue weighted by Crippen LogP contribution is 2.55. The van der Waals surface area contributed by atoms with Crippen molar-refractivity contribution in [3.63, 3.8) is 0 Å². The molecular weight excluding hydrogens is 434 g/mol. The van der Waals surface area contributed by atoms with Gasteiger partial charge in [0.25, 0.3) is 11.4 Å². The summed E-state index contributed by atoms with van der Waals surface area (Å²) in [5.41, 5.74) is 0.326. The number of hydrogen-bond donors (Lipinski definition) is 2. The van der Waals surface area contributed by atoms with E-state index >= 15 is 0 Å². The minimum Gasteiger partial charge on any atom is -0.478 e. The predicted molar refractivity (Wildman–Crippen MR) is 112 cm³/mol. The Morgan fingerprint density at radius 1 is 1.13 bits per heavy atom. The van der Waals surface area contributed by atoms with Crippen molar-refractivity contribution in [1.82, 2.24) is 0 Å². The smallest absolute Gasteiger partial charge is 0.337 e. The molecule has 1 heterocycles. The third kappa shape index (κ3) is 3.35. The Bertz CT molecular complexity index is 1060. The van der Waals surface area contributed by atoms with E-state index in [4.69, 9.17) is 11.6 Å². The van der Waals surface area contributed by atoms with Gasteiger partial charge in [0, 0.05) is 29.8 Å². The molecule has 156 valence electrons. The topological polar surface area (TPSA) is 136 Å². The molecule has 1 aliphatic carbocycles. The number of nitrogens with zero attached hydrogens (tertiary/aromatic N) is 2. The van der Waals surface area contributed by atoms with Crippen molar-refractivity contribution >= 4 is 46.4 Å². The van der Waals surface area contributed by atoms with Crippen molar-refractivity contribution in [2.24, 2.45) is 5.92 Å². The molecule has 0 unspecified atom stereocenters. The van der Waals surface area contributed by atoms with Gasteiger partial charge in [-0.15, -0.1) is 23.4 Å². The van der Waals surface area contributed by atoms with Gasteiger partial charge < -0.3 is 10.4 Å². The zero-order valence-electron chi connectivity index (χ0n) is 15.4. The number of aromatic carboxylic acids is 1. The first kappa shape index (κ1) is 20.4. The second kappa shape index (κ2) is 7.77. The molecule has 2 aliphatic rings. The third-order valence-electron chi connectivity index (χ3n) is 5.61. The third-order valence-corrected chi connectivity index (χ3v) is 7.72. The van der Waals surface area contributed by atoms with Gasteiger partial charge in [-0.25, -0.2) is 4.79 Å². The molecule has 4 atom stereocenters. The van der Waals surface area contributed by atoms with E-state index in [1.807, 2.05) is 0 Å². The number of nitrogens with one attached hydrogen (secondary N) is 1. The Labute approximate surface area is 179 Å². The van der Waals surface area contributed by atoms with E-state index in [9.17, 15) is 30.1 Å². The summed E-state index contributed by atoms with van der Waals surface area (Å²) in [6.07, 6.45) is 0.594. The van der Waals surface area contributed by atoms with Crippen molar-refractivity contribution < 1.29 is 19.7 Å². The summed E-state index contributed by atoms with van der Waals surface area (Å²) in [6, 6.07) is 8.82. The fourth-order valence-electron chi connectivity index (χ4n) is 4.36. The van der Waals surface area contributed by atoms with Gasteiger partial charge in [-0.1, -0.05) is 12.1 Å². The molecule has 0 saturated heterocycles. The molecule has 1 fully saturated rings. The monoisotopic (exact) mass is 449 g/mol. The Hall–Kier alpha value is -2.85. The second-order valence-electron chi connectivity index (χ2n) is 7.21. The lowest BCUT2D eigenvalue weighted by molar-refractivity contribution is -0.387. The average molecular weight is 450 g/mol. The van der Waals surface area contributed by atoms with Gasteiger partial charge in [0.1, 0.15) is 0 Å². The minimum absolute atomic E-state index is 0.0149. The molecule has 0 amide bonds. The van der Waals surface area contributed by atoms with E-state index in [-0.39, 0.29) is 33.8 Å². The van der Waals surface area contributed by atoms with E-state index in [1.165, 1.54) is 30.0 Å². The molecule has 0 spiro atoms. The maximum absolute atomic E-state index is 11.6. The van der Waals surface area contributed by atoms with Crippen LogP contribution in [-0.2, 0) is 0 Å². The first-order chi connectivity index (χ1) is 14.3. The van der Waals surface area contributed by atoms with Crippen LogP contribution < -0.4 is 5.32 Å². The van der Waals surface area contributed by atoms with Crippen LogP contribution in [0.3, 0.4) is 0 Å². The number of carbonyl (C=O) groups is 1. The van der Waals surface area contributed by atoms with E-state index in [0.29, 0.717) is 23.4 Å². The quantitative estimate of drug-likeness (QED) is 0.387. The summed E-state index contributed by atoms with van der Waals surface area (Å²) in [6.45, 7) is 0.427. The molecule has 30 heavy (non-hydrogen) atoms. The zero-order valence-corrected chi connectivity index (χ0v) is 16.9. The van der Waals surface area contributed by atoms with Gasteiger partial charge in [-0.2, -0.15) is 0 Å². The number of para-hydroxylation sites is 1.